The van der Waals surface area contributed by atoms with Crippen LogP contribution >= 0.6 is 11.3 Å². The Hall–Kier alpha value is -1.82. The molecule has 1 N–H and O–H groups in total. The number of nitrogens with zero attached hydrogens (tertiary/aromatic N) is 3. The Labute approximate surface area is 116 Å². The number of carbonyl (C=O) groups excluding carboxylic acids is 1. The summed E-state index contributed by atoms with van der Waals surface area (Å²) >= 11 is 1.63. The maximum Gasteiger partial charge on any atom is 0.321 e. The van der Waals surface area contributed by atoms with Gasteiger partial charge >= 0.3 is 6.03 Å². The molecule has 0 atom stereocenters. The van der Waals surface area contributed by atoms with Gasteiger partial charge in [-0.2, -0.15) is 16.4 Å². The number of hydrogen-bond donors (Lipinski definition) is 1. The van der Waals surface area contributed by atoms with Gasteiger partial charge in [0, 0.05) is 20.6 Å². The van der Waals surface area contributed by atoms with Crippen LogP contribution in [-0.2, 0) is 13.6 Å². The number of amides is 2. The highest BCUT2D eigenvalue weighted by molar-refractivity contribution is 7.07. The molecule has 0 bridgehead atoms. The highest BCUT2D eigenvalue weighted by Crippen LogP contribution is 2.19. The minimum absolute atomic E-state index is 0.120. The van der Waals surface area contributed by atoms with Crippen molar-refractivity contribution >= 4 is 23.1 Å². The zero-order valence-corrected chi connectivity index (χ0v) is 12.4. The largest absolute Gasteiger partial charge is 0.323 e. The summed E-state index contributed by atoms with van der Waals surface area (Å²) in [5.74, 6) is 0. The van der Waals surface area contributed by atoms with E-state index in [1.54, 1.807) is 28.0 Å². The van der Waals surface area contributed by atoms with E-state index in [2.05, 4.69) is 10.4 Å². The minimum atomic E-state index is -0.120. The van der Waals surface area contributed by atoms with Crippen molar-refractivity contribution in [2.45, 2.75) is 20.4 Å². The molecule has 0 saturated carbocycles. The second-order valence-corrected chi connectivity index (χ2v) is 5.37. The Morgan fingerprint density at radius 2 is 2.26 bits per heavy atom. The molecule has 2 amide bonds. The number of anilines is 1. The number of aromatic nitrogens is 2. The van der Waals surface area contributed by atoms with Gasteiger partial charge in [0.2, 0.25) is 0 Å². The summed E-state index contributed by atoms with van der Waals surface area (Å²) in [5, 5.41) is 11.3. The van der Waals surface area contributed by atoms with Gasteiger partial charge in [-0.1, -0.05) is 0 Å². The average molecular weight is 278 g/mol. The second-order valence-electron chi connectivity index (χ2n) is 4.59. The molecule has 0 radical (unpaired) electrons. The fourth-order valence-electron chi connectivity index (χ4n) is 1.89. The highest BCUT2D eigenvalue weighted by atomic mass is 32.1. The lowest BCUT2D eigenvalue weighted by Gasteiger charge is -2.17. The molecule has 6 heteroatoms. The summed E-state index contributed by atoms with van der Waals surface area (Å²) in [7, 11) is 3.65. The SMILES string of the molecule is Cc1nn(C)c(C)c1NC(=O)N(C)Cc1ccsc1. The molecule has 0 aromatic carbocycles. The highest BCUT2D eigenvalue weighted by Gasteiger charge is 2.15. The van der Waals surface area contributed by atoms with Crippen LogP contribution < -0.4 is 5.32 Å². The molecule has 0 aliphatic heterocycles. The van der Waals surface area contributed by atoms with Gasteiger partial charge in [-0.05, 0) is 36.2 Å². The van der Waals surface area contributed by atoms with Gasteiger partial charge in [0.05, 0.1) is 17.1 Å². The lowest BCUT2D eigenvalue weighted by Crippen LogP contribution is -2.31. The summed E-state index contributed by atoms with van der Waals surface area (Å²) in [4.78, 5) is 13.8. The Morgan fingerprint density at radius 1 is 1.53 bits per heavy atom. The van der Waals surface area contributed by atoms with Crippen LogP contribution in [0.5, 0.6) is 0 Å². The van der Waals surface area contributed by atoms with Gasteiger partial charge in [-0.25, -0.2) is 4.79 Å². The molecule has 19 heavy (non-hydrogen) atoms. The molecule has 2 aromatic rings. The topological polar surface area (TPSA) is 50.2 Å². The number of nitrogens with one attached hydrogen (secondary N) is 1. The predicted molar refractivity (Wildman–Crippen MR) is 77.5 cm³/mol. The van der Waals surface area contributed by atoms with Gasteiger partial charge in [-0.15, -0.1) is 0 Å². The Morgan fingerprint density at radius 3 is 2.79 bits per heavy atom. The molecule has 0 aliphatic carbocycles. The first-order valence-corrected chi connectivity index (χ1v) is 6.96. The third kappa shape index (κ3) is 2.96. The van der Waals surface area contributed by atoms with Crippen molar-refractivity contribution in [1.29, 1.82) is 0 Å². The molecule has 2 heterocycles. The van der Waals surface area contributed by atoms with Crippen molar-refractivity contribution < 1.29 is 4.79 Å². The summed E-state index contributed by atoms with van der Waals surface area (Å²) in [5.41, 5.74) is 3.72. The molecule has 102 valence electrons. The summed E-state index contributed by atoms with van der Waals surface area (Å²) in [6.07, 6.45) is 0. The van der Waals surface area contributed by atoms with Crippen LogP contribution in [0.15, 0.2) is 16.8 Å². The second kappa shape index (κ2) is 5.44. The zero-order chi connectivity index (χ0) is 14.0. The van der Waals surface area contributed by atoms with E-state index in [-0.39, 0.29) is 6.03 Å². The predicted octanol–water partition coefficient (Wildman–Crippen LogP) is 2.76. The van der Waals surface area contributed by atoms with E-state index in [1.165, 1.54) is 0 Å². The molecule has 5 nitrogen and oxygen atoms in total. The van der Waals surface area contributed by atoms with E-state index in [4.69, 9.17) is 0 Å². The Kier molecular flexibility index (Phi) is 3.90. The molecular weight excluding hydrogens is 260 g/mol. The summed E-state index contributed by atoms with van der Waals surface area (Å²) in [6.45, 7) is 4.43. The quantitative estimate of drug-likeness (QED) is 0.938. The van der Waals surface area contributed by atoms with Crippen molar-refractivity contribution in [3.63, 3.8) is 0 Å². The van der Waals surface area contributed by atoms with Gasteiger partial charge in [-0.3, -0.25) is 4.68 Å². The van der Waals surface area contributed by atoms with E-state index in [9.17, 15) is 4.79 Å². The Balaban J connectivity index is 2.04. The molecule has 0 spiro atoms. The average Bonchev–Trinajstić information content (AvgIpc) is 2.94. The van der Waals surface area contributed by atoms with Gasteiger partial charge in [0.1, 0.15) is 0 Å². The number of thiophene rings is 1. The van der Waals surface area contributed by atoms with Crippen molar-refractivity contribution in [1.82, 2.24) is 14.7 Å². The fraction of sp³-hybridized carbons (Fsp3) is 0.385. The first kappa shape index (κ1) is 13.6. The van der Waals surface area contributed by atoms with E-state index < -0.39 is 0 Å². The van der Waals surface area contributed by atoms with Crippen LogP contribution in [0.4, 0.5) is 10.5 Å². The third-order valence-corrected chi connectivity index (χ3v) is 3.82. The number of carbonyl (C=O) groups is 1. The first-order chi connectivity index (χ1) is 8.99. The number of rotatable bonds is 3. The third-order valence-electron chi connectivity index (χ3n) is 3.09. The smallest absolute Gasteiger partial charge is 0.321 e. The summed E-state index contributed by atoms with van der Waals surface area (Å²) < 4.78 is 1.77. The lowest BCUT2D eigenvalue weighted by molar-refractivity contribution is 0.220. The van der Waals surface area contributed by atoms with Crippen molar-refractivity contribution in [2.24, 2.45) is 7.05 Å². The maximum atomic E-state index is 12.1. The lowest BCUT2D eigenvalue weighted by atomic mass is 10.3. The van der Waals surface area contributed by atoms with Crippen molar-refractivity contribution in [2.75, 3.05) is 12.4 Å². The van der Waals surface area contributed by atoms with Crippen LogP contribution in [0, 0.1) is 13.8 Å². The standard InChI is InChI=1S/C13H18N4OS/c1-9-12(10(2)17(4)15-9)14-13(18)16(3)7-11-5-6-19-8-11/h5-6,8H,7H2,1-4H3,(H,14,18). The first-order valence-electron chi connectivity index (χ1n) is 6.02. The van der Waals surface area contributed by atoms with Crippen LogP contribution in [-0.4, -0.2) is 27.8 Å². The van der Waals surface area contributed by atoms with Crippen molar-refractivity contribution in [3.8, 4) is 0 Å². The van der Waals surface area contributed by atoms with Crippen LogP contribution in [0.2, 0.25) is 0 Å². The molecule has 2 rings (SSSR count). The number of urea groups is 1. The fourth-order valence-corrected chi connectivity index (χ4v) is 2.54. The number of aryl methyl sites for hydroxylation is 2. The summed E-state index contributed by atoms with van der Waals surface area (Å²) in [6, 6.07) is 1.90. The normalized spacial score (nSPS) is 10.5. The molecule has 0 fully saturated rings. The monoisotopic (exact) mass is 278 g/mol. The van der Waals surface area contributed by atoms with Gasteiger partial charge < -0.3 is 10.2 Å². The molecule has 2 aromatic heterocycles. The van der Waals surface area contributed by atoms with E-state index in [0.717, 1.165) is 22.6 Å². The molecule has 0 aliphatic rings. The number of hydrogen-bond acceptors (Lipinski definition) is 3. The molecule has 0 saturated heterocycles. The zero-order valence-electron chi connectivity index (χ0n) is 11.6. The minimum Gasteiger partial charge on any atom is -0.323 e. The van der Waals surface area contributed by atoms with Crippen LogP contribution in [0.25, 0.3) is 0 Å². The van der Waals surface area contributed by atoms with E-state index in [0.29, 0.717) is 6.54 Å². The van der Waals surface area contributed by atoms with Gasteiger partial charge in [0.25, 0.3) is 0 Å². The van der Waals surface area contributed by atoms with Gasteiger partial charge in [0.15, 0.2) is 0 Å². The maximum absolute atomic E-state index is 12.1. The molecular formula is C13H18N4OS. The molecule has 0 unspecified atom stereocenters. The van der Waals surface area contributed by atoms with E-state index in [1.807, 2.05) is 37.7 Å². The van der Waals surface area contributed by atoms with Crippen molar-refractivity contribution in [3.05, 3.63) is 33.8 Å². The van der Waals surface area contributed by atoms with E-state index >= 15 is 0 Å². The van der Waals surface area contributed by atoms with Crippen LogP contribution in [0.3, 0.4) is 0 Å². The Bertz CT molecular complexity index is 574. The van der Waals surface area contributed by atoms with Crippen LogP contribution in [0.1, 0.15) is 17.0 Å².